The van der Waals surface area contributed by atoms with E-state index in [1.807, 2.05) is 24.3 Å². The van der Waals surface area contributed by atoms with Crippen molar-refractivity contribution in [3.8, 4) is 0 Å². The second kappa shape index (κ2) is 6.80. The van der Waals surface area contributed by atoms with Gasteiger partial charge in [-0.2, -0.15) is 0 Å². The van der Waals surface area contributed by atoms with Gasteiger partial charge in [-0.15, -0.1) is 0 Å². The van der Waals surface area contributed by atoms with E-state index in [1.165, 1.54) is 24.5 Å². The van der Waals surface area contributed by atoms with Gasteiger partial charge in [0.15, 0.2) is 0 Å². The van der Waals surface area contributed by atoms with E-state index in [9.17, 15) is 4.79 Å². The Labute approximate surface area is 91.1 Å². The molecule has 1 nitrogen and oxygen atoms in total. The molecule has 1 aromatic carbocycles. The standard InChI is InChI=1S/C14H16O/c1-2-3-4-5-6-13-7-9-14(10-8-13)11-12-15/h5-11H,2-4H2,1H3. The van der Waals surface area contributed by atoms with Crippen LogP contribution >= 0.6 is 0 Å². The van der Waals surface area contributed by atoms with Gasteiger partial charge in [-0.1, -0.05) is 56.2 Å². The largest absolute Gasteiger partial charge is 0.233 e. The Morgan fingerprint density at radius 2 is 1.87 bits per heavy atom. The van der Waals surface area contributed by atoms with E-state index in [1.54, 1.807) is 5.94 Å². The summed E-state index contributed by atoms with van der Waals surface area (Å²) < 4.78 is 0. The van der Waals surface area contributed by atoms with Gasteiger partial charge in [-0.3, -0.25) is 0 Å². The molecule has 0 amide bonds. The predicted molar refractivity (Wildman–Crippen MR) is 65.2 cm³/mol. The van der Waals surface area contributed by atoms with Gasteiger partial charge in [-0.25, -0.2) is 4.79 Å². The van der Waals surface area contributed by atoms with Gasteiger partial charge in [0, 0.05) is 6.08 Å². The van der Waals surface area contributed by atoms with Crippen LogP contribution < -0.4 is 0 Å². The summed E-state index contributed by atoms with van der Waals surface area (Å²) in [6.45, 7) is 2.19. The molecule has 0 aromatic heterocycles. The van der Waals surface area contributed by atoms with E-state index < -0.39 is 0 Å². The zero-order valence-electron chi connectivity index (χ0n) is 9.07. The highest BCUT2D eigenvalue weighted by Gasteiger charge is 1.88. The maximum atomic E-state index is 10.1. The summed E-state index contributed by atoms with van der Waals surface area (Å²) >= 11 is 0. The average Bonchev–Trinajstić information content (AvgIpc) is 2.27. The summed E-state index contributed by atoms with van der Waals surface area (Å²) in [5.41, 5.74) is 2.07. The summed E-state index contributed by atoms with van der Waals surface area (Å²) in [4.78, 5) is 10.1. The molecule has 0 aliphatic carbocycles. The van der Waals surface area contributed by atoms with E-state index in [0.29, 0.717) is 0 Å². The molecule has 0 unspecified atom stereocenters. The van der Waals surface area contributed by atoms with Crippen molar-refractivity contribution < 1.29 is 4.79 Å². The van der Waals surface area contributed by atoms with Crippen LogP contribution in [-0.2, 0) is 4.79 Å². The lowest BCUT2D eigenvalue weighted by Gasteiger charge is -1.94. The molecule has 0 atom stereocenters. The number of allylic oxidation sites excluding steroid dienone is 1. The number of rotatable bonds is 5. The van der Waals surface area contributed by atoms with Crippen LogP contribution in [0.5, 0.6) is 0 Å². The van der Waals surface area contributed by atoms with Gasteiger partial charge in [0.05, 0.1) is 0 Å². The van der Waals surface area contributed by atoms with Gasteiger partial charge in [0.25, 0.3) is 0 Å². The van der Waals surface area contributed by atoms with E-state index >= 15 is 0 Å². The smallest absolute Gasteiger partial charge is 0.125 e. The molecule has 0 saturated heterocycles. The van der Waals surface area contributed by atoms with Crippen molar-refractivity contribution in [2.24, 2.45) is 0 Å². The quantitative estimate of drug-likeness (QED) is 0.522. The van der Waals surface area contributed by atoms with Gasteiger partial charge in [0.1, 0.15) is 5.94 Å². The Balaban J connectivity index is 2.56. The normalized spacial score (nSPS) is 10.2. The second-order valence-electron chi connectivity index (χ2n) is 3.47. The Bertz CT molecular complexity index is 353. The zero-order valence-corrected chi connectivity index (χ0v) is 9.07. The van der Waals surface area contributed by atoms with Crippen molar-refractivity contribution in [1.29, 1.82) is 0 Å². The van der Waals surface area contributed by atoms with Crippen LogP contribution in [0.2, 0.25) is 0 Å². The summed E-state index contributed by atoms with van der Waals surface area (Å²) in [7, 11) is 0. The molecule has 0 N–H and O–H groups in total. The molecule has 0 radical (unpaired) electrons. The molecule has 1 rings (SSSR count). The third-order valence-corrected chi connectivity index (χ3v) is 2.20. The summed E-state index contributed by atoms with van der Waals surface area (Å²) in [5, 5.41) is 0. The topological polar surface area (TPSA) is 17.1 Å². The lowest BCUT2D eigenvalue weighted by molar-refractivity contribution is 0.570. The van der Waals surface area contributed by atoms with Crippen LogP contribution in [0, 0.1) is 0 Å². The lowest BCUT2D eigenvalue weighted by atomic mass is 10.1. The van der Waals surface area contributed by atoms with Gasteiger partial charge >= 0.3 is 0 Å². The molecule has 0 heterocycles. The fourth-order valence-electron chi connectivity index (χ4n) is 1.31. The first-order valence-electron chi connectivity index (χ1n) is 5.34. The van der Waals surface area contributed by atoms with Crippen molar-refractivity contribution in [1.82, 2.24) is 0 Å². The number of unbranched alkanes of at least 4 members (excludes halogenated alkanes) is 2. The number of benzene rings is 1. The Kier molecular flexibility index (Phi) is 5.21. The van der Waals surface area contributed by atoms with E-state index in [-0.39, 0.29) is 0 Å². The molecular weight excluding hydrogens is 184 g/mol. The van der Waals surface area contributed by atoms with Crippen LogP contribution in [0.1, 0.15) is 37.3 Å². The highest BCUT2D eigenvalue weighted by atomic mass is 16.1. The molecule has 0 bridgehead atoms. The van der Waals surface area contributed by atoms with E-state index in [4.69, 9.17) is 0 Å². The molecule has 1 heteroatoms. The van der Waals surface area contributed by atoms with E-state index in [0.717, 1.165) is 12.0 Å². The van der Waals surface area contributed by atoms with Crippen molar-refractivity contribution in [3.05, 3.63) is 41.5 Å². The van der Waals surface area contributed by atoms with Crippen LogP contribution in [-0.4, -0.2) is 5.94 Å². The van der Waals surface area contributed by atoms with Gasteiger partial charge in [-0.05, 0) is 17.5 Å². The molecule has 0 aliphatic heterocycles. The van der Waals surface area contributed by atoms with Gasteiger partial charge in [0.2, 0.25) is 0 Å². The number of carbonyl (C=O) groups excluding carboxylic acids is 1. The fraction of sp³-hybridized carbons (Fsp3) is 0.286. The first-order valence-corrected chi connectivity index (χ1v) is 5.34. The highest BCUT2D eigenvalue weighted by molar-refractivity contribution is 5.74. The fourth-order valence-corrected chi connectivity index (χ4v) is 1.31. The van der Waals surface area contributed by atoms with E-state index in [2.05, 4.69) is 19.1 Å². The number of hydrogen-bond donors (Lipinski definition) is 0. The molecule has 1 aromatic rings. The van der Waals surface area contributed by atoms with Crippen molar-refractivity contribution in [2.75, 3.05) is 0 Å². The number of hydrogen-bond acceptors (Lipinski definition) is 1. The average molecular weight is 200 g/mol. The third-order valence-electron chi connectivity index (χ3n) is 2.20. The first-order chi connectivity index (χ1) is 7.36. The second-order valence-corrected chi connectivity index (χ2v) is 3.47. The Hall–Kier alpha value is -1.59. The molecule has 0 fully saturated rings. The minimum atomic E-state index is 0.899. The molecule has 0 aliphatic rings. The summed E-state index contributed by atoms with van der Waals surface area (Å²) in [5.74, 6) is 1.77. The maximum Gasteiger partial charge on any atom is 0.125 e. The molecule has 15 heavy (non-hydrogen) atoms. The first kappa shape index (κ1) is 11.5. The molecular formula is C14H16O. The minimum Gasteiger partial charge on any atom is -0.233 e. The molecule has 0 saturated carbocycles. The SMILES string of the molecule is CCCCC=Cc1ccc(C=C=O)cc1. The lowest BCUT2D eigenvalue weighted by Crippen LogP contribution is -1.75. The Morgan fingerprint density at radius 1 is 1.20 bits per heavy atom. The van der Waals surface area contributed by atoms with Crippen LogP contribution in [0.25, 0.3) is 12.2 Å². The van der Waals surface area contributed by atoms with Crippen molar-refractivity contribution in [3.63, 3.8) is 0 Å². The third kappa shape index (κ3) is 4.44. The zero-order chi connectivity index (χ0) is 10.9. The van der Waals surface area contributed by atoms with Crippen LogP contribution in [0.3, 0.4) is 0 Å². The molecule has 0 spiro atoms. The Morgan fingerprint density at radius 3 is 2.47 bits per heavy atom. The minimum absolute atomic E-state index is 0.899. The maximum absolute atomic E-state index is 10.1. The monoisotopic (exact) mass is 200 g/mol. The predicted octanol–water partition coefficient (Wildman–Crippen LogP) is 3.73. The van der Waals surface area contributed by atoms with Crippen molar-refractivity contribution in [2.45, 2.75) is 26.2 Å². The van der Waals surface area contributed by atoms with Crippen LogP contribution in [0.4, 0.5) is 0 Å². The van der Waals surface area contributed by atoms with Crippen LogP contribution in [0.15, 0.2) is 30.3 Å². The van der Waals surface area contributed by atoms with Crippen molar-refractivity contribution >= 4 is 18.1 Å². The molecule has 78 valence electrons. The summed E-state index contributed by atoms with van der Waals surface area (Å²) in [6, 6.07) is 7.85. The van der Waals surface area contributed by atoms with Gasteiger partial charge < -0.3 is 0 Å². The summed E-state index contributed by atoms with van der Waals surface area (Å²) in [6.07, 6.45) is 9.34. The highest BCUT2D eigenvalue weighted by Crippen LogP contribution is 2.08.